The molecule has 0 aliphatic carbocycles. The minimum atomic E-state index is -0.388. The van der Waals surface area contributed by atoms with Gasteiger partial charge in [0, 0.05) is 5.69 Å². The number of nitrogens with zero attached hydrogens (tertiary/aromatic N) is 1. The maximum Gasteiger partial charge on any atom is 0.0959 e. The van der Waals surface area contributed by atoms with E-state index in [0.29, 0.717) is 0 Å². The summed E-state index contributed by atoms with van der Waals surface area (Å²) >= 11 is 0. The molecular formula is C15H25NO. The molecule has 1 aromatic rings. The predicted octanol–water partition coefficient (Wildman–Crippen LogP) is 4.17. The Hall–Kier alpha value is -0.890. The Morgan fingerprint density at radius 3 is 2.53 bits per heavy atom. The van der Waals surface area contributed by atoms with Gasteiger partial charge < -0.3 is 5.11 Å². The van der Waals surface area contributed by atoms with Gasteiger partial charge >= 0.3 is 0 Å². The van der Waals surface area contributed by atoms with E-state index < -0.39 is 0 Å². The molecule has 1 rings (SSSR count). The third-order valence-corrected chi connectivity index (χ3v) is 3.08. The molecule has 1 unspecified atom stereocenters. The molecule has 0 amide bonds. The lowest BCUT2D eigenvalue weighted by atomic mass is 10.0. The fraction of sp³-hybridized carbons (Fsp3) is 0.667. The highest BCUT2D eigenvalue weighted by Crippen LogP contribution is 2.18. The molecule has 0 aromatic carbocycles. The highest BCUT2D eigenvalue weighted by Gasteiger charge is 2.08. The minimum Gasteiger partial charge on any atom is -0.387 e. The molecule has 0 spiro atoms. The number of rotatable bonds is 8. The van der Waals surface area contributed by atoms with Crippen LogP contribution >= 0.6 is 0 Å². The van der Waals surface area contributed by atoms with Crippen LogP contribution in [0.1, 0.15) is 69.4 Å². The number of aliphatic hydroxyl groups excluding tert-OH is 1. The van der Waals surface area contributed by atoms with Gasteiger partial charge in [0.05, 0.1) is 11.8 Å². The number of hydrogen-bond acceptors (Lipinski definition) is 2. The first-order chi connectivity index (χ1) is 8.24. The molecule has 17 heavy (non-hydrogen) atoms. The summed E-state index contributed by atoms with van der Waals surface area (Å²) in [7, 11) is 0. The number of aryl methyl sites for hydroxylation is 1. The van der Waals surface area contributed by atoms with Crippen molar-refractivity contribution in [3.63, 3.8) is 0 Å². The van der Waals surface area contributed by atoms with Crippen molar-refractivity contribution < 1.29 is 5.11 Å². The highest BCUT2D eigenvalue weighted by atomic mass is 16.3. The maximum atomic E-state index is 9.99. The van der Waals surface area contributed by atoms with Crippen molar-refractivity contribution in [3.8, 4) is 0 Å². The van der Waals surface area contributed by atoms with Crippen LogP contribution in [0.4, 0.5) is 0 Å². The summed E-state index contributed by atoms with van der Waals surface area (Å²) in [5.41, 5.74) is 1.79. The molecule has 1 heterocycles. The summed E-state index contributed by atoms with van der Waals surface area (Å²) in [5.74, 6) is 0. The molecule has 1 N–H and O–H groups in total. The molecule has 0 aliphatic rings. The van der Waals surface area contributed by atoms with Crippen molar-refractivity contribution in [1.82, 2.24) is 4.98 Å². The van der Waals surface area contributed by atoms with E-state index in [4.69, 9.17) is 0 Å². The number of hydrogen-bond donors (Lipinski definition) is 1. The summed E-state index contributed by atoms with van der Waals surface area (Å²) in [6.45, 7) is 4.19. The Balaban J connectivity index is 2.19. The first-order valence-electron chi connectivity index (χ1n) is 6.85. The monoisotopic (exact) mass is 235 g/mol. The van der Waals surface area contributed by atoms with Crippen molar-refractivity contribution in [3.05, 3.63) is 29.6 Å². The van der Waals surface area contributed by atoms with Crippen LogP contribution in [0, 0.1) is 6.92 Å². The molecule has 0 saturated carbocycles. The van der Waals surface area contributed by atoms with Gasteiger partial charge in [0.25, 0.3) is 0 Å². The second kappa shape index (κ2) is 8.24. The van der Waals surface area contributed by atoms with Crippen molar-refractivity contribution in [2.24, 2.45) is 0 Å². The van der Waals surface area contributed by atoms with E-state index >= 15 is 0 Å². The Labute approximate surface area is 105 Å². The van der Waals surface area contributed by atoms with E-state index in [2.05, 4.69) is 11.9 Å². The third-order valence-electron chi connectivity index (χ3n) is 3.08. The molecule has 0 radical (unpaired) electrons. The number of aliphatic hydroxyl groups is 1. The fourth-order valence-corrected chi connectivity index (χ4v) is 2.02. The van der Waals surface area contributed by atoms with Crippen molar-refractivity contribution in [1.29, 1.82) is 0 Å². The SMILES string of the molecule is CCCCCCCCC(O)c1cccc(C)n1. The van der Waals surface area contributed by atoms with Crippen LogP contribution in [0.5, 0.6) is 0 Å². The Kier molecular flexibility index (Phi) is 6.87. The van der Waals surface area contributed by atoms with Gasteiger partial charge in [0.2, 0.25) is 0 Å². The maximum absolute atomic E-state index is 9.99. The van der Waals surface area contributed by atoms with Crippen LogP contribution in [-0.2, 0) is 0 Å². The van der Waals surface area contributed by atoms with Crippen molar-refractivity contribution in [2.75, 3.05) is 0 Å². The number of unbranched alkanes of at least 4 members (excludes halogenated alkanes) is 5. The minimum absolute atomic E-state index is 0.388. The molecule has 96 valence electrons. The first-order valence-corrected chi connectivity index (χ1v) is 6.85. The molecule has 2 heteroatoms. The topological polar surface area (TPSA) is 33.1 Å². The van der Waals surface area contributed by atoms with E-state index in [1.54, 1.807) is 0 Å². The average Bonchev–Trinajstić information content (AvgIpc) is 2.33. The van der Waals surface area contributed by atoms with E-state index in [9.17, 15) is 5.11 Å². The van der Waals surface area contributed by atoms with Gasteiger partial charge in [-0.25, -0.2) is 0 Å². The fourth-order valence-electron chi connectivity index (χ4n) is 2.02. The zero-order valence-corrected chi connectivity index (χ0v) is 11.2. The number of pyridine rings is 1. The van der Waals surface area contributed by atoms with Gasteiger partial charge in [-0.1, -0.05) is 51.5 Å². The van der Waals surface area contributed by atoms with Crippen LogP contribution in [0.3, 0.4) is 0 Å². The summed E-state index contributed by atoms with van der Waals surface area (Å²) in [6.07, 6.45) is 8.02. The first kappa shape index (κ1) is 14.2. The van der Waals surface area contributed by atoms with Gasteiger partial charge in [-0.2, -0.15) is 0 Å². The Morgan fingerprint density at radius 1 is 1.12 bits per heavy atom. The van der Waals surface area contributed by atoms with Crippen molar-refractivity contribution in [2.45, 2.75) is 64.9 Å². The summed E-state index contributed by atoms with van der Waals surface area (Å²) in [6, 6.07) is 5.83. The molecule has 0 saturated heterocycles. The van der Waals surface area contributed by atoms with Gasteiger partial charge in [-0.05, 0) is 25.5 Å². The van der Waals surface area contributed by atoms with Gasteiger partial charge in [0.15, 0.2) is 0 Å². The molecule has 2 nitrogen and oxygen atoms in total. The zero-order chi connectivity index (χ0) is 12.5. The second-order valence-corrected chi connectivity index (χ2v) is 4.78. The van der Waals surface area contributed by atoms with Crippen molar-refractivity contribution >= 4 is 0 Å². The highest BCUT2D eigenvalue weighted by molar-refractivity contribution is 5.11. The van der Waals surface area contributed by atoms with Crippen LogP contribution in [-0.4, -0.2) is 10.1 Å². The van der Waals surface area contributed by atoms with E-state index in [0.717, 1.165) is 24.2 Å². The lowest BCUT2D eigenvalue weighted by Crippen LogP contribution is -2.01. The smallest absolute Gasteiger partial charge is 0.0959 e. The van der Waals surface area contributed by atoms with Crippen LogP contribution in [0.2, 0.25) is 0 Å². The van der Waals surface area contributed by atoms with Gasteiger partial charge in [-0.15, -0.1) is 0 Å². The molecule has 0 fully saturated rings. The summed E-state index contributed by atoms with van der Waals surface area (Å²) in [4.78, 5) is 4.35. The Morgan fingerprint density at radius 2 is 1.82 bits per heavy atom. The zero-order valence-electron chi connectivity index (χ0n) is 11.2. The summed E-state index contributed by atoms with van der Waals surface area (Å²) < 4.78 is 0. The molecule has 0 aliphatic heterocycles. The van der Waals surface area contributed by atoms with E-state index in [1.807, 2.05) is 25.1 Å². The normalized spacial score (nSPS) is 12.6. The van der Waals surface area contributed by atoms with Crippen LogP contribution in [0.25, 0.3) is 0 Å². The predicted molar refractivity (Wildman–Crippen MR) is 71.9 cm³/mol. The van der Waals surface area contributed by atoms with Gasteiger partial charge in [0.1, 0.15) is 0 Å². The Bertz CT molecular complexity index is 312. The second-order valence-electron chi connectivity index (χ2n) is 4.78. The molecule has 1 atom stereocenters. The standard InChI is InChI=1S/C15H25NO/c1-3-4-5-6-7-8-12-15(17)14-11-9-10-13(2)16-14/h9-11,15,17H,3-8,12H2,1-2H3. The average molecular weight is 235 g/mol. The largest absolute Gasteiger partial charge is 0.387 e. The van der Waals surface area contributed by atoms with Crippen LogP contribution < -0.4 is 0 Å². The molecule has 0 bridgehead atoms. The van der Waals surface area contributed by atoms with E-state index in [-0.39, 0.29) is 6.10 Å². The summed E-state index contributed by atoms with van der Waals surface area (Å²) in [5, 5.41) is 9.99. The third kappa shape index (κ3) is 5.83. The quantitative estimate of drug-likeness (QED) is 0.686. The van der Waals surface area contributed by atoms with Gasteiger partial charge in [-0.3, -0.25) is 4.98 Å². The van der Waals surface area contributed by atoms with Crippen LogP contribution in [0.15, 0.2) is 18.2 Å². The van der Waals surface area contributed by atoms with E-state index in [1.165, 1.54) is 32.1 Å². The lowest BCUT2D eigenvalue weighted by molar-refractivity contribution is 0.158. The number of aromatic nitrogens is 1. The molecule has 1 aromatic heterocycles. The molecular weight excluding hydrogens is 210 g/mol. The lowest BCUT2D eigenvalue weighted by Gasteiger charge is -2.10.